The first-order chi connectivity index (χ1) is 11.3. The fourth-order valence-corrected chi connectivity index (χ4v) is 5.45. The van der Waals surface area contributed by atoms with Gasteiger partial charge in [0, 0.05) is 25.7 Å². The number of benzene rings is 1. The lowest BCUT2D eigenvalue weighted by atomic mass is 10.2. The molecule has 1 saturated heterocycles. The van der Waals surface area contributed by atoms with Crippen molar-refractivity contribution in [1.82, 2.24) is 14.3 Å². The van der Waals surface area contributed by atoms with Crippen LogP contribution in [-0.4, -0.2) is 53.4 Å². The van der Waals surface area contributed by atoms with Crippen LogP contribution >= 0.6 is 0 Å². The third kappa shape index (κ3) is 4.34. The molecule has 2 N–H and O–H groups in total. The Hall–Kier alpha value is -1.00. The Morgan fingerprint density at radius 2 is 1.83 bits per heavy atom. The van der Waals surface area contributed by atoms with Gasteiger partial charge in [0.25, 0.3) is 0 Å². The molecule has 0 aliphatic carbocycles. The molecule has 1 heterocycles. The zero-order valence-corrected chi connectivity index (χ0v) is 15.7. The average molecular weight is 376 g/mol. The van der Waals surface area contributed by atoms with E-state index in [1.807, 2.05) is 0 Å². The smallest absolute Gasteiger partial charge is 0.243 e. The quantitative estimate of drug-likeness (QED) is 0.699. The SMILES string of the molecule is CCN(CC)S(=O)(=O)c1cccc(S(=O)(=O)NCC2CCCN2)c1. The molecule has 1 unspecified atom stereocenters. The summed E-state index contributed by atoms with van der Waals surface area (Å²) in [5.74, 6) is 0. The van der Waals surface area contributed by atoms with E-state index < -0.39 is 20.0 Å². The molecule has 1 atom stereocenters. The summed E-state index contributed by atoms with van der Waals surface area (Å²) in [6, 6.07) is 5.63. The van der Waals surface area contributed by atoms with Crippen molar-refractivity contribution in [2.24, 2.45) is 0 Å². The standard InChI is InChI=1S/C15H25N3O4S2/c1-3-18(4-2)24(21,22)15-9-5-8-14(11-15)23(19,20)17-12-13-7-6-10-16-13/h5,8-9,11,13,16-17H,3-4,6-7,10,12H2,1-2H3. The van der Waals surface area contributed by atoms with E-state index in [4.69, 9.17) is 0 Å². The van der Waals surface area contributed by atoms with Crippen molar-refractivity contribution in [2.75, 3.05) is 26.2 Å². The first kappa shape index (κ1) is 19.3. The molecule has 0 spiro atoms. The Bertz CT molecular complexity index is 753. The number of nitrogens with one attached hydrogen (secondary N) is 2. The third-order valence-corrected chi connectivity index (χ3v) is 7.61. The molecule has 7 nitrogen and oxygen atoms in total. The van der Waals surface area contributed by atoms with E-state index >= 15 is 0 Å². The molecule has 24 heavy (non-hydrogen) atoms. The highest BCUT2D eigenvalue weighted by molar-refractivity contribution is 7.90. The molecule has 0 amide bonds. The fourth-order valence-electron chi connectivity index (χ4n) is 2.74. The maximum Gasteiger partial charge on any atom is 0.243 e. The third-order valence-electron chi connectivity index (χ3n) is 4.14. The van der Waals surface area contributed by atoms with Crippen LogP contribution in [0, 0.1) is 0 Å². The Balaban J connectivity index is 2.22. The molecule has 0 aromatic heterocycles. The predicted molar refractivity (Wildman–Crippen MR) is 92.8 cm³/mol. The van der Waals surface area contributed by atoms with Crippen molar-refractivity contribution >= 4 is 20.0 Å². The van der Waals surface area contributed by atoms with Crippen LogP contribution in [-0.2, 0) is 20.0 Å². The van der Waals surface area contributed by atoms with E-state index in [0.29, 0.717) is 19.6 Å². The molecule has 1 aromatic rings. The van der Waals surface area contributed by atoms with Crippen LogP contribution < -0.4 is 10.0 Å². The van der Waals surface area contributed by atoms with E-state index in [-0.39, 0.29) is 15.8 Å². The summed E-state index contributed by atoms with van der Waals surface area (Å²) >= 11 is 0. The topological polar surface area (TPSA) is 95.6 Å². The molecule has 9 heteroatoms. The molecule has 1 aromatic carbocycles. The Morgan fingerprint density at radius 3 is 2.42 bits per heavy atom. The van der Waals surface area contributed by atoms with E-state index in [0.717, 1.165) is 19.4 Å². The predicted octanol–water partition coefficient (Wildman–Crippen LogP) is 0.747. The maximum absolute atomic E-state index is 12.5. The summed E-state index contributed by atoms with van der Waals surface area (Å²) in [7, 11) is -7.43. The summed E-state index contributed by atoms with van der Waals surface area (Å²) < 4.78 is 53.8. The van der Waals surface area contributed by atoms with Gasteiger partial charge in [0.15, 0.2) is 0 Å². The highest BCUT2D eigenvalue weighted by Gasteiger charge is 2.24. The van der Waals surface area contributed by atoms with E-state index in [9.17, 15) is 16.8 Å². The molecule has 136 valence electrons. The summed E-state index contributed by atoms with van der Waals surface area (Å²) in [6.07, 6.45) is 1.96. The monoisotopic (exact) mass is 375 g/mol. The van der Waals surface area contributed by atoms with E-state index in [1.165, 1.54) is 28.6 Å². The highest BCUT2D eigenvalue weighted by atomic mass is 32.2. The van der Waals surface area contributed by atoms with Crippen LogP contribution in [0.1, 0.15) is 26.7 Å². The number of rotatable bonds is 8. The van der Waals surface area contributed by atoms with Crippen molar-refractivity contribution in [2.45, 2.75) is 42.5 Å². The van der Waals surface area contributed by atoms with Gasteiger partial charge in [-0.1, -0.05) is 19.9 Å². The zero-order chi connectivity index (χ0) is 17.8. The number of sulfonamides is 2. The molecule has 0 radical (unpaired) electrons. The summed E-state index contributed by atoms with van der Waals surface area (Å²) in [5.41, 5.74) is 0. The molecule has 1 aliphatic rings. The van der Waals surface area contributed by atoms with Crippen LogP contribution in [0.4, 0.5) is 0 Å². The zero-order valence-electron chi connectivity index (χ0n) is 14.0. The summed E-state index contributed by atoms with van der Waals surface area (Å²) in [4.78, 5) is -0.0400. The molecular weight excluding hydrogens is 350 g/mol. The van der Waals surface area contributed by atoms with Gasteiger partial charge in [0.2, 0.25) is 20.0 Å². The summed E-state index contributed by atoms with van der Waals surface area (Å²) in [6.45, 7) is 5.36. The van der Waals surface area contributed by atoms with Crippen molar-refractivity contribution in [1.29, 1.82) is 0 Å². The normalized spacial score (nSPS) is 19.0. The fraction of sp³-hybridized carbons (Fsp3) is 0.600. The average Bonchev–Trinajstić information content (AvgIpc) is 3.08. The molecular formula is C15H25N3O4S2. The van der Waals surface area contributed by atoms with Crippen LogP contribution in [0.5, 0.6) is 0 Å². The van der Waals surface area contributed by atoms with Gasteiger partial charge in [-0.05, 0) is 37.6 Å². The van der Waals surface area contributed by atoms with Gasteiger partial charge in [0.05, 0.1) is 9.79 Å². The van der Waals surface area contributed by atoms with Crippen LogP contribution in [0.15, 0.2) is 34.1 Å². The first-order valence-corrected chi connectivity index (χ1v) is 11.1. The first-order valence-electron chi connectivity index (χ1n) is 8.14. The van der Waals surface area contributed by atoms with Crippen molar-refractivity contribution in [3.8, 4) is 0 Å². The van der Waals surface area contributed by atoms with Gasteiger partial charge >= 0.3 is 0 Å². The van der Waals surface area contributed by atoms with Gasteiger partial charge in [-0.25, -0.2) is 21.6 Å². The second kappa shape index (κ2) is 7.92. The van der Waals surface area contributed by atoms with Gasteiger partial charge in [0.1, 0.15) is 0 Å². The molecule has 0 saturated carbocycles. The lowest BCUT2D eigenvalue weighted by Gasteiger charge is -2.19. The Morgan fingerprint density at radius 1 is 1.17 bits per heavy atom. The lowest BCUT2D eigenvalue weighted by Crippen LogP contribution is -2.37. The van der Waals surface area contributed by atoms with Gasteiger partial charge in [-0.3, -0.25) is 0 Å². The number of hydrogen-bond donors (Lipinski definition) is 2. The molecule has 1 aliphatic heterocycles. The number of nitrogens with zero attached hydrogens (tertiary/aromatic N) is 1. The van der Waals surface area contributed by atoms with Crippen molar-refractivity contribution < 1.29 is 16.8 Å². The highest BCUT2D eigenvalue weighted by Crippen LogP contribution is 2.19. The second-order valence-corrected chi connectivity index (χ2v) is 9.41. The van der Waals surface area contributed by atoms with Crippen LogP contribution in [0.25, 0.3) is 0 Å². The summed E-state index contributed by atoms with van der Waals surface area (Å²) in [5, 5.41) is 3.22. The maximum atomic E-state index is 12.5. The molecule has 1 fully saturated rings. The van der Waals surface area contributed by atoms with Crippen LogP contribution in [0.2, 0.25) is 0 Å². The minimum atomic E-state index is -3.74. The van der Waals surface area contributed by atoms with Crippen molar-refractivity contribution in [3.63, 3.8) is 0 Å². The Labute approximate surface area is 144 Å². The largest absolute Gasteiger partial charge is 0.313 e. The molecule has 0 bridgehead atoms. The minimum absolute atomic E-state index is 0.00642. The number of hydrogen-bond acceptors (Lipinski definition) is 5. The van der Waals surface area contributed by atoms with Gasteiger partial charge < -0.3 is 5.32 Å². The van der Waals surface area contributed by atoms with Crippen LogP contribution in [0.3, 0.4) is 0 Å². The van der Waals surface area contributed by atoms with E-state index in [1.54, 1.807) is 13.8 Å². The lowest BCUT2D eigenvalue weighted by molar-refractivity contribution is 0.445. The minimum Gasteiger partial charge on any atom is -0.313 e. The molecule has 2 rings (SSSR count). The second-order valence-electron chi connectivity index (χ2n) is 5.71. The Kier molecular flexibility index (Phi) is 6.38. The van der Waals surface area contributed by atoms with Gasteiger partial charge in [-0.15, -0.1) is 0 Å². The van der Waals surface area contributed by atoms with Crippen molar-refractivity contribution in [3.05, 3.63) is 24.3 Å². The van der Waals surface area contributed by atoms with E-state index in [2.05, 4.69) is 10.0 Å². The van der Waals surface area contributed by atoms with Gasteiger partial charge in [-0.2, -0.15) is 4.31 Å².